The molecule has 3 amide bonds. The quantitative estimate of drug-likeness (QED) is 0.169. The van der Waals surface area contributed by atoms with Crippen molar-refractivity contribution in [3.05, 3.63) is 132 Å². The summed E-state index contributed by atoms with van der Waals surface area (Å²) < 4.78 is 5.83. The first kappa shape index (κ1) is 27.7. The van der Waals surface area contributed by atoms with E-state index in [0.29, 0.717) is 39.2 Å². The predicted molar refractivity (Wildman–Crippen MR) is 173 cm³/mol. The summed E-state index contributed by atoms with van der Waals surface area (Å²) in [6, 6.07) is 32.4. The van der Waals surface area contributed by atoms with Crippen LogP contribution in [-0.4, -0.2) is 27.9 Å². The Morgan fingerprint density at radius 2 is 1.07 bits per heavy atom. The van der Waals surface area contributed by atoms with E-state index in [1.165, 1.54) is 15.9 Å². The number of anilines is 2. The lowest BCUT2D eigenvalue weighted by molar-refractivity contribution is -0.122. The molecular formula is C33H22N4O4S2. The number of nitrogens with zero attached hydrogens (tertiary/aromatic N) is 2. The molecule has 0 bridgehead atoms. The lowest BCUT2D eigenvalue weighted by Gasteiger charge is -2.29. The lowest BCUT2D eigenvalue weighted by atomic mass is 10.0. The highest BCUT2D eigenvalue weighted by Gasteiger charge is 2.35. The van der Waals surface area contributed by atoms with Gasteiger partial charge < -0.3 is 10.1 Å². The van der Waals surface area contributed by atoms with Crippen molar-refractivity contribution in [3.8, 4) is 11.5 Å². The molecular weight excluding hydrogens is 581 g/mol. The van der Waals surface area contributed by atoms with Crippen molar-refractivity contribution < 1.29 is 19.1 Å². The van der Waals surface area contributed by atoms with Crippen LogP contribution in [0.1, 0.15) is 11.1 Å². The van der Waals surface area contributed by atoms with Crippen LogP contribution >= 0.6 is 24.4 Å². The third-order valence-electron chi connectivity index (χ3n) is 6.63. The number of hydrogen-bond donors (Lipinski definition) is 2. The van der Waals surface area contributed by atoms with Crippen LogP contribution in [0.5, 0.6) is 11.5 Å². The molecule has 0 saturated carbocycles. The number of carbonyl (C=O) groups excluding carboxylic acids is 3. The number of para-hydroxylation sites is 2. The standard InChI is InChI=1S/C33H22N4O4S2/c38-29-27(30(39)36(33(43)35-29)24-15-17-26(18-16-24)41-25-9-5-2-6-10-25)19-21-11-13-22(14-12-21)20-28-31(40)37(32(42)34-28)23-7-3-1-4-8-23/h1-20H,(H,34,42)(H,35,38,43)/b27-19+,28-20-. The molecule has 0 aliphatic carbocycles. The minimum Gasteiger partial charge on any atom is -0.457 e. The van der Waals surface area contributed by atoms with Gasteiger partial charge in [-0.1, -0.05) is 60.7 Å². The van der Waals surface area contributed by atoms with Crippen LogP contribution in [-0.2, 0) is 14.4 Å². The average Bonchev–Trinajstić information content (AvgIpc) is 3.29. The van der Waals surface area contributed by atoms with Crippen LogP contribution in [0.3, 0.4) is 0 Å². The lowest BCUT2D eigenvalue weighted by Crippen LogP contribution is -2.54. The monoisotopic (exact) mass is 602 g/mol. The molecule has 4 aromatic rings. The number of rotatable bonds is 6. The summed E-state index contributed by atoms with van der Waals surface area (Å²) in [6.45, 7) is 0. The van der Waals surface area contributed by atoms with Gasteiger partial charge in [0.05, 0.1) is 11.4 Å². The molecule has 6 rings (SSSR count). The number of hydrogen-bond acceptors (Lipinski definition) is 6. The van der Waals surface area contributed by atoms with Crippen LogP contribution in [0.2, 0.25) is 0 Å². The molecule has 2 aliphatic rings. The SMILES string of the molecule is O=C1NC(=S)N(c2ccc(Oc3ccccc3)cc2)C(=O)/C1=C/c1ccc(/C=C2\NC(=S)N(c3ccccc3)C2=O)cc1. The van der Waals surface area contributed by atoms with E-state index in [1.54, 1.807) is 54.6 Å². The second-order valence-electron chi connectivity index (χ2n) is 9.50. The summed E-state index contributed by atoms with van der Waals surface area (Å²) in [5, 5.41) is 5.85. The van der Waals surface area contributed by atoms with E-state index in [0.717, 1.165) is 5.56 Å². The van der Waals surface area contributed by atoms with Gasteiger partial charge in [0.15, 0.2) is 10.2 Å². The number of benzene rings is 4. The number of ether oxygens (including phenoxy) is 1. The maximum absolute atomic E-state index is 13.4. The topological polar surface area (TPSA) is 91.0 Å². The molecule has 0 unspecified atom stereocenters. The largest absolute Gasteiger partial charge is 0.457 e. The fraction of sp³-hybridized carbons (Fsp3) is 0. The fourth-order valence-electron chi connectivity index (χ4n) is 4.55. The molecule has 8 nitrogen and oxygen atoms in total. The Balaban J connectivity index is 1.19. The Morgan fingerprint density at radius 1 is 0.558 bits per heavy atom. The first-order valence-corrected chi connectivity index (χ1v) is 14.0. The second kappa shape index (κ2) is 11.8. The van der Waals surface area contributed by atoms with E-state index < -0.39 is 11.8 Å². The predicted octanol–water partition coefficient (Wildman–Crippen LogP) is 5.57. The van der Waals surface area contributed by atoms with Crippen molar-refractivity contribution in [2.45, 2.75) is 0 Å². The van der Waals surface area contributed by atoms with Gasteiger partial charge in [0.25, 0.3) is 17.7 Å². The summed E-state index contributed by atoms with van der Waals surface area (Å²) in [4.78, 5) is 41.9. The van der Waals surface area contributed by atoms with E-state index in [9.17, 15) is 14.4 Å². The Labute approximate surface area is 257 Å². The molecule has 2 heterocycles. The Kier molecular flexibility index (Phi) is 7.61. The first-order valence-electron chi connectivity index (χ1n) is 13.1. The molecule has 2 aliphatic heterocycles. The van der Waals surface area contributed by atoms with Gasteiger partial charge >= 0.3 is 0 Å². The molecule has 2 saturated heterocycles. The molecule has 210 valence electrons. The maximum atomic E-state index is 13.4. The minimum atomic E-state index is -0.586. The average molecular weight is 603 g/mol. The summed E-state index contributed by atoms with van der Waals surface area (Å²) in [5.41, 5.74) is 2.78. The zero-order valence-electron chi connectivity index (χ0n) is 22.4. The highest BCUT2D eigenvalue weighted by molar-refractivity contribution is 7.80. The van der Waals surface area contributed by atoms with E-state index in [-0.39, 0.29) is 16.6 Å². The summed E-state index contributed by atoms with van der Waals surface area (Å²) in [5.74, 6) is -0.126. The van der Waals surface area contributed by atoms with Crippen LogP contribution < -0.4 is 25.2 Å². The van der Waals surface area contributed by atoms with Gasteiger partial charge in [0.1, 0.15) is 22.8 Å². The highest BCUT2D eigenvalue weighted by atomic mass is 32.1. The second-order valence-corrected chi connectivity index (χ2v) is 10.3. The maximum Gasteiger partial charge on any atom is 0.281 e. The molecule has 2 fully saturated rings. The van der Waals surface area contributed by atoms with Gasteiger partial charge in [0, 0.05) is 0 Å². The number of carbonyl (C=O) groups is 3. The van der Waals surface area contributed by atoms with Crippen molar-refractivity contribution in [1.29, 1.82) is 0 Å². The van der Waals surface area contributed by atoms with E-state index in [1.807, 2.05) is 60.7 Å². The molecule has 2 N–H and O–H groups in total. The highest BCUT2D eigenvalue weighted by Crippen LogP contribution is 2.27. The fourth-order valence-corrected chi connectivity index (χ4v) is 5.13. The van der Waals surface area contributed by atoms with Crippen molar-refractivity contribution >= 4 is 75.9 Å². The summed E-state index contributed by atoms with van der Waals surface area (Å²) in [6.07, 6.45) is 3.19. The van der Waals surface area contributed by atoms with Gasteiger partial charge in [-0.05, 0) is 96.2 Å². The molecule has 0 aromatic heterocycles. The molecule has 4 aromatic carbocycles. The van der Waals surface area contributed by atoms with Crippen LogP contribution in [0.4, 0.5) is 11.4 Å². The van der Waals surface area contributed by atoms with Crippen LogP contribution in [0.15, 0.2) is 120 Å². The third kappa shape index (κ3) is 5.82. The zero-order chi connectivity index (χ0) is 29.9. The summed E-state index contributed by atoms with van der Waals surface area (Å²) in [7, 11) is 0. The van der Waals surface area contributed by atoms with Crippen molar-refractivity contribution in [3.63, 3.8) is 0 Å². The number of amides is 3. The van der Waals surface area contributed by atoms with Gasteiger partial charge in [-0.25, -0.2) is 0 Å². The van der Waals surface area contributed by atoms with Crippen molar-refractivity contribution in [2.75, 3.05) is 9.80 Å². The van der Waals surface area contributed by atoms with E-state index >= 15 is 0 Å². The third-order valence-corrected chi connectivity index (χ3v) is 7.20. The molecule has 0 atom stereocenters. The minimum absolute atomic E-state index is 0.0120. The van der Waals surface area contributed by atoms with Gasteiger partial charge in [-0.2, -0.15) is 0 Å². The van der Waals surface area contributed by atoms with E-state index in [4.69, 9.17) is 29.2 Å². The molecule has 43 heavy (non-hydrogen) atoms. The van der Waals surface area contributed by atoms with Crippen LogP contribution in [0.25, 0.3) is 12.2 Å². The van der Waals surface area contributed by atoms with Gasteiger partial charge in [-0.3, -0.25) is 29.5 Å². The van der Waals surface area contributed by atoms with Gasteiger partial charge in [-0.15, -0.1) is 0 Å². The Bertz CT molecular complexity index is 1820. The number of nitrogens with one attached hydrogen (secondary N) is 2. The Hall–Kier alpha value is -5.45. The molecule has 0 spiro atoms. The Morgan fingerprint density at radius 3 is 1.72 bits per heavy atom. The van der Waals surface area contributed by atoms with Crippen molar-refractivity contribution in [1.82, 2.24) is 10.6 Å². The number of thiocarbonyl (C=S) groups is 2. The van der Waals surface area contributed by atoms with E-state index in [2.05, 4.69) is 10.6 Å². The van der Waals surface area contributed by atoms with Crippen LogP contribution in [0, 0.1) is 0 Å². The zero-order valence-corrected chi connectivity index (χ0v) is 24.0. The summed E-state index contributed by atoms with van der Waals surface area (Å²) >= 11 is 10.7. The molecule has 0 radical (unpaired) electrons. The van der Waals surface area contributed by atoms with Gasteiger partial charge in [0.2, 0.25) is 0 Å². The van der Waals surface area contributed by atoms with Crippen molar-refractivity contribution in [2.24, 2.45) is 0 Å². The smallest absolute Gasteiger partial charge is 0.281 e. The first-order chi connectivity index (χ1) is 20.9. The normalized spacial score (nSPS) is 17.0. The molecule has 10 heteroatoms.